The van der Waals surface area contributed by atoms with E-state index in [1.807, 2.05) is 31.2 Å². The molecule has 0 aliphatic carbocycles. The minimum absolute atomic E-state index is 0.0831. The summed E-state index contributed by atoms with van der Waals surface area (Å²) in [5.74, 6) is -0.879. The molecule has 8 nitrogen and oxygen atoms in total. The monoisotopic (exact) mass is 411 g/mol. The van der Waals surface area contributed by atoms with Crippen LogP contribution < -0.4 is 4.90 Å². The van der Waals surface area contributed by atoms with Crippen molar-refractivity contribution >= 4 is 39.7 Å². The molecule has 1 heterocycles. The first kappa shape index (κ1) is 20.2. The Balaban J connectivity index is 1.72. The Morgan fingerprint density at radius 3 is 2.66 bits per heavy atom. The van der Waals surface area contributed by atoms with Gasteiger partial charge in [-0.1, -0.05) is 18.2 Å². The summed E-state index contributed by atoms with van der Waals surface area (Å²) in [4.78, 5) is 40.4. The molecular weight excluding hydrogens is 394 g/mol. The smallest absolute Gasteiger partial charge is 0.338 e. The molecule has 1 aromatic heterocycles. The van der Waals surface area contributed by atoms with Crippen LogP contribution in [0.1, 0.15) is 28.5 Å². The molecule has 148 valence electrons. The van der Waals surface area contributed by atoms with E-state index in [1.54, 1.807) is 5.38 Å². The van der Waals surface area contributed by atoms with Gasteiger partial charge in [0.25, 0.3) is 5.69 Å². The molecule has 0 aliphatic heterocycles. The number of nitro groups is 1. The average Bonchev–Trinajstić information content (AvgIpc) is 3.14. The number of benzene rings is 2. The van der Waals surface area contributed by atoms with Crippen molar-refractivity contribution in [3.05, 3.63) is 80.8 Å². The van der Waals surface area contributed by atoms with Crippen LogP contribution in [0.5, 0.6) is 0 Å². The van der Waals surface area contributed by atoms with E-state index in [-0.39, 0.29) is 23.8 Å². The van der Waals surface area contributed by atoms with Crippen LogP contribution in [0.3, 0.4) is 0 Å². The first-order valence-corrected chi connectivity index (χ1v) is 9.46. The number of non-ortho nitro benzene ring substituents is 1. The summed E-state index contributed by atoms with van der Waals surface area (Å²) in [6.45, 7) is 3.27. The van der Waals surface area contributed by atoms with E-state index in [9.17, 15) is 19.7 Å². The maximum Gasteiger partial charge on any atom is 0.338 e. The van der Waals surface area contributed by atoms with Crippen molar-refractivity contribution in [3.8, 4) is 0 Å². The number of ether oxygens (including phenoxy) is 1. The predicted molar refractivity (Wildman–Crippen MR) is 108 cm³/mol. The summed E-state index contributed by atoms with van der Waals surface area (Å²) in [7, 11) is 0. The number of nitro benzene ring substituents is 1. The van der Waals surface area contributed by atoms with Crippen LogP contribution in [0.2, 0.25) is 0 Å². The number of amides is 1. The molecule has 0 bridgehead atoms. The Hall–Kier alpha value is -3.59. The number of thiazole rings is 1. The molecule has 0 atom stereocenters. The molecule has 1 amide bonds. The highest BCUT2D eigenvalue weighted by molar-refractivity contribution is 7.14. The van der Waals surface area contributed by atoms with E-state index in [4.69, 9.17) is 4.74 Å². The minimum Gasteiger partial charge on any atom is -0.456 e. The lowest BCUT2D eigenvalue weighted by Gasteiger charge is -2.18. The van der Waals surface area contributed by atoms with Crippen molar-refractivity contribution in [2.45, 2.75) is 20.5 Å². The number of carbonyl (C=O) groups is 2. The molecule has 0 spiro atoms. The van der Waals surface area contributed by atoms with Gasteiger partial charge in [0, 0.05) is 24.4 Å². The third kappa shape index (κ3) is 4.82. The molecule has 0 aliphatic rings. The fourth-order valence-corrected chi connectivity index (χ4v) is 3.50. The number of esters is 1. The zero-order chi connectivity index (χ0) is 21.0. The van der Waals surface area contributed by atoms with Crippen molar-refractivity contribution < 1.29 is 19.2 Å². The largest absolute Gasteiger partial charge is 0.456 e. The summed E-state index contributed by atoms with van der Waals surface area (Å²) >= 11 is 1.25. The molecule has 3 rings (SSSR count). The molecule has 0 N–H and O–H groups in total. The van der Waals surface area contributed by atoms with Gasteiger partial charge in [-0.25, -0.2) is 9.78 Å². The lowest BCUT2D eigenvalue weighted by Crippen LogP contribution is -2.22. The van der Waals surface area contributed by atoms with Crippen LogP contribution in [0.15, 0.2) is 53.9 Å². The second kappa shape index (κ2) is 8.61. The van der Waals surface area contributed by atoms with Crippen molar-refractivity contribution in [1.82, 2.24) is 4.98 Å². The summed E-state index contributed by atoms with van der Waals surface area (Å²) in [5.41, 5.74) is 2.08. The SMILES string of the molecule is CC(=O)N(c1cccc(C)c1)c1nc(COC(=O)c2cccc([N+](=O)[O-])c2)cs1. The molecule has 0 unspecified atom stereocenters. The van der Waals surface area contributed by atoms with Gasteiger partial charge in [0.15, 0.2) is 5.13 Å². The Kier molecular flexibility index (Phi) is 5.99. The number of nitrogens with zero attached hydrogens (tertiary/aromatic N) is 3. The number of aryl methyl sites for hydroxylation is 1. The Morgan fingerprint density at radius 2 is 1.97 bits per heavy atom. The van der Waals surface area contributed by atoms with Gasteiger partial charge < -0.3 is 4.74 Å². The second-order valence-corrected chi connectivity index (χ2v) is 7.03. The standard InChI is InChI=1S/C20H17N3O5S/c1-13-5-3-7-17(9-13)22(14(2)24)20-21-16(12-29-20)11-28-19(25)15-6-4-8-18(10-15)23(26)27/h3-10,12H,11H2,1-2H3. The maximum atomic E-state index is 12.2. The van der Waals surface area contributed by atoms with Crippen LogP contribution in [0.4, 0.5) is 16.5 Å². The molecule has 0 radical (unpaired) electrons. The molecular formula is C20H17N3O5S. The van der Waals surface area contributed by atoms with E-state index in [2.05, 4.69) is 4.98 Å². The molecule has 2 aromatic carbocycles. The number of hydrogen-bond acceptors (Lipinski definition) is 7. The highest BCUT2D eigenvalue weighted by Gasteiger charge is 2.19. The zero-order valence-corrected chi connectivity index (χ0v) is 16.5. The Labute approximate surface area is 170 Å². The van der Waals surface area contributed by atoms with Gasteiger partial charge in [0.05, 0.1) is 21.9 Å². The average molecular weight is 411 g/mol. The van der Waals surface area contributed by atoms with Gasteiger partial charge >= 0.3 is 5.97 Å². The Morgan fingerprint density at radius 1 is 1.21 bits per heavy atom. The van der Waals surface area contributed by atoms with Crippen LogP contribution >= 0.6 is 11.3 Å². The lowest BCUT2D eigenvalue weighted by atomic mass is 10.2. The first-order chi connectivity index (χ1) is 13.8. The highest BCUT2D eigenvalue weighted by Crippen LogP contribution is 2.29. The van der Waals surface area contributed by atoms with E-state index < -0.39 is 10.9 Å². The molecule has 0 saturated carbocycles. The van der Waals surface area contributed by atoms with Gasteiger partial charge in [-0.15, -0.1) is 11.3 Å². The highest BCUT2D eigenvalue weighted by atomic mass is 32.1. The number of carbonyl (C=O) groups excluding carboxylic acids is 2. The second-order valence-electron chi connectivity index (χ2n) is 6.20. The van der Waals surface area contributed by atoms with E-state index in [0.29, 0.717) is 16.5 Å². The van der Waals surface area contributed by atoms with Gasteiger partial charge in [-0.05, 0) is 30.7 Å². The topological polar surface area (TPSA) is 103 Å². The van der Waals surface area contributed by atoms with Crippen LogP contribution in [0.25, 0.3) is 0 Å². The van der Waals surface area contributed by atoms with Crippen LogP contribution in [0, 0.1) is 17.0 Å². The molecule has 29 heavy (non-hydrogen) atoms. The molecule has 0 fully saturated rings. The third-order valence-corrected chi connectivity index (χ3v) is 4.82. The van der Waals surface area contributed by atoms with Crippen molar-refractivity contribution in [1.29, 1.82) is 0 Å². The van der Waals surface area contributed by atoms with Crippen molar-refractivity contribution in [2.24, 2.45) is 0 Å². The van der Waals surface area contributed by atoms with Crippen LogP contribution in [-0.2, 0) is 16.1 Å². The molecule has 3 aromatic rings. The van der Waals surface area contributed by atoms with Crippen molar-refractivity contribution in [3.63, 3.8) is 0 Å². The fraction of sp³-hybridized carbons (Fsp3) is 0.150. The summed E-state index contributed by atoms with van der Waals surface area (Å²) in [6.07, 6.45) is 0. The van der Waals surface area contributed by atoms with Gasteiger partial charge in [-0.3, -0.25) is 19.8 Å². The summed E-state index contributed by atoms with van der Waals surface area (Å²) in [6, 6.07) is 12.8. The number of rotatable bonds is 6. The van der Waals surface area contributed by atoms with Crippen LogP contribution in [-0.4, -0.2) is 21.8 Å². The van der Waals surface area contributed by atoms with Gasteiger partial charge in [0.1, 0.15) is 6.61 Å². The quantitative estimate of drug-likeness (QED) is 0.338. The number of hydrogen-bond donors (Lipinski definition) is 0. The van der Waals surface area contributed by atoms with E-state index in [1.165, 1.54) is 41.4 Å². The minimum atomic E-state index is -0.689. The lowest BCUT2D eigenvalue weighted by molar-refractivity contribution is -0.384. The maximum absolute atomic E-state index is 12.2. The normalized spacial score (nSPS) is 10.4. The summed E-state index contributed by atoms with van der Waals surface area (Å²) < 4.78 is 5.21. The first-order valence-electron chi connectivity index (χ1n) is 8.58. The molecule has 0 saturated heterocycles. The van der Waals surface area contributed by atoms with Gasteiger partial charge in [-0.2, -0.15) is 0 Å². The van der Waals surface area contributed by atoms with E-state index >= 15 is 0 Å². The number of aromatic nitrogens is 1. The van der Waals surface area contributed by atoms with E-state index in [0.717, 1.165) is 11.6 Å². The molecule has 9 heteroatoms. The summed E-state index contributed by atoms with van der Waals surface area (Å²) in [5, 5.41) is 13.0. The Bertz CT molecular complexity index is 1080. The number of anilines is 2. The predicted octanol–water partition coefficient (Wildman–Crippen LogP) is 4.40. The zero-order valence-electron chi connectivity index (χ0n) is 15.7. The fourth-order valence-electron chi connectivity index (χ4n) is 2.63. The van der Waals surface area contributed by atoms with Crippen molar-refractivity contribution in [2.75, 3.05) is 4.90 Å². The van der Waals surface area contributed by atoms with Gasteiger partial charge in [0.2, 0.25) is 5.91 Å². The third-order valence-electron chi connectivity index (χ3n) is 3.95.